The van der Waals surface area contributed by atoms with Gasteiger partial charge >= 0.3 is 6.03 Å². The Balaban J connectivity index is 2.01. The van der Waals surface area contributed by atoms with E-state index in [2.05, 4.69) is 17.2 Å². The van der Waals surface area contributed by atoms with Crippen LogP contribution < -0.4 is 5.32 Å². The molecule has 2 heterocycles. The number of aliphatic hydroxyl groups is 1. The first-order chi connectivity index (χ1) is 8.70. The molecule has 0 aliphatic carbocycles. The van der Waals surface area contributed by atoms with E-state index in [-0.39, 0.29) is 31.6 Å². The van der Waals surface area contributed by atoms with Gasteiger partial charge in [0.05, 0.1) is 19.7 Å². The van der Waals surface area contributed by atoms with Crippen LogP contribution in [-0.4, -0.2) is 35.1 Å². The molecule has 0 saturated carbocycles. The maximum absolute atomic E-state index is 11.4. The van der Waals surface area contributed by atoms with Crippen molar-refractivity contribution in [1.82, 2.24) is 10.2 Å². The minimum absolute atomic E-state index is 0.0481. The third-order valence-corrected chi connectivity index (χ3v) is 3.30. The average molecular weight is 264 g/mol. The highest BCUT2D eigenvalue weighted by molar-refractivity contribution is 7.10. The Labute approximate surface area is 108 Å². The number of thiophene rings is 1. The molecule has 3 amide bonds. The first-order valence-electron chi connectivity index (χ1n) is 5.46. The summed E-state index contributed by atoms with van der Waals surface area (Å²) in [5.41, 5.74) is 0.843. The summed E-state index contributed by atoms with van der Waals surface area (Å²) in [6.45, 7) is 0.414. The van der Waals surface area contributed by atoms with Gasteiger partial charge in [-0.2, -0.15) is 0 Å². The fraction of sp³-hybridized carbons (Fsp3) is 0.333. The fourth-order valence-corrected chi connectivity index (χ4v) is 2.32. The molecule has 1 aliphatic rings. The smallest absolute Gasteiger partial charge is 0.324 e. The van der Waals surface area contributed by atoms with Crippen molar-refractivity contribution in [2.75, 3.05) is 13.2 Å². The summed E-state index contributed by atoms with van der Waals surface area (Å²) >= 11 is 1.46. The van der Waals surface area contributed by atoms with Crippen molar-refractivity contribution in [2.24, 2.45) is 0 Å². The van der Waals surface area contributed by atoms with Gasteiger partial charge in [-0.25, -0.2) is 4.79 Å². The average Bonchev–Trinajstić information content (AvgIpc) is 2.92. The Kier molecular flexibility index (Phi) is 3.97. The van der Waals surface area contributed by atoms with E-state index in [1.807, 2.05) is 11.4 Å². The predicted octanol–water partition coefficient (Wildman–Crippen LogP) is 0.534. The zero-order chi connectivity index (χ0) is 13.0. The van der Waals surface area contributed by atoms with Gasteiger partial charge in [0.25, 0.3) is 0 Å². The summed E-state index contributed by atoms with van der Waals surface area (Å²) < 4.78 is 0. The first-order valence-corrected chi connectivity index (χ1v) is 6.34. The van der Waals surface area contributed by atoms with Gasteiger partial charge in [0.2, 0.25) is 5.91 Å². The van der Waals surface area contributed by atoms with Crippen LogP contribution in [-0.2, 0) is 11.3 Å². The highest BCUT2D eigenvalue weighted by atomic mass is 32.1. The Morgan fingerprint density at radius 1 is 1.50 bits per heavy atom. The van der Waals surface area contributed by atoms with Crippen LogP contribution in [0.1, 0.15) is 16.9 Å². The van der Waals surface area contributed by atoms with Gasteiger partial charge < -0.3 is 10.4 Å². The lowest BCUT2D eigenvalue weighted by Crippen LogP contribution is -2.29. The molecule has 0 bridgehead atoms. The van der Waals surface area contributed by atoms with Crippen molar-refractivity contribution in [1.29, 1.82) is 0 Å². The summed E-state index contributed by atoms with van der Waals surface area (Å²) in [5.74, 6) is 5.53. The lowest BCUT2D eigenvalue weighted by atomic mass is 10.3. The number of nitrogens with one attached hydrogen (secondary N) is 1. The Bertz CT molecular complexity index is 511. The molecule has 6 heteroatoms. The molecule has 1 aromatic rings. The second kappa shape index (κ2) is 5.67. The molecule has 0 atom stereocenters. The number of amides is 3. The highest BCUT2D eigenvalue weighted by Crippen LogP contribution is 2.17. The molecule has 2 rings (SSSR count). The standard InChI is InChI=1S/C12H12N2O3S/c15-4-2-1-3-9-5-10(18-8-9)7-14-11(16)6-13-12(14)17/h5,8,15H,2,4,6-7H2,(H,13,17). The zero-order valence-corrected chi connectivity index (χ0v) is 10.4. The number of nitrogens with zero attached hydrogens (tertiary/aromatic N) is 1. The van der Waals surface area contributed by atoms with Crippen LogP contribution in [0.3, 0.4) is 0 Å². The highest BCUT2D eigenvalue weighted by Gasteiger charge is 2.28. The maximum Gasteiger partial charge on any atom is 0.324 e. The van der Waals surface area contributed by atoms with Crippen molar-refractivity contribution in [3.05, 3.63) is 21.9 Å². The minimum Gasteiger partial charge on any atom is -0.395 e. The summed E-state index contributed by atoms with van der Waals surface area (Å²) in [5, 5.41) is 13.0. The van der Waals surface area contributed by atoms with E-state index in [0.717, 1.165) is 10.4 Å². The number of imide groups is 1. The molecule has 0 unspecified atom stereocenters. The van der Waals surface area contributed by atoms with E-state index in [1.165, 1.54) is 16.2 Å². The lowest BCUT2D eigenvalue weighted by Gasteiger charge is -2.09. The third-order valence-electron chi connectivity index (χ3n) is 2.37. The number of carbonyl (C=O) groups excluding carboxylic acids is 2. The molecule has 2 N–H and O–H groups in total. The van der Waals surface area contributed by atoms with Crippen LogP contribution in [0, 0.1) is 11.8 Å². The summed E-state index contributed by atoms with van der Waals surface area (Å²) in [4.78, 5) is 24.8. The van der Waals surface area contributed by atoms with E-state index in [1.54, 1.807) is 0 Å². The molecule has 18 heavy (non-hydrogen) atoms. The summed E-state index contributed by atoms with van der Waals surface area (Å²) in [6, 6.07) is 1.51. The largest absolute Gasteiger partial charge is 0.395 e. The van der Waals surface area contributed by atoms with E-state index in [0.29, 0.717) is 6.42 Å². The molecule has 5 nitrogen and oxygen atoms in total. The van der Waals surface area contributed by atoms with Crippen molar-refractivity contribution in [3.8, 4) is 11.8 Å². The maximum atomic E-state index is 11.4. The monoisotopic (exact) mass is 264 g/mol. The Hall–Kier alpha value is -1.84. The second-order valence-electron chi connectivity index (χ2n) is 3.72. The van der Waals surface area contributed by atoms with Crippen LogP contribution in [0.25, 0.3) is 0 Å². The molecule has 0 aromatic carbocycles. The zero-order valence-electron chi connectivity index (χ0n) is 9.60. The van der Waals surface area contributed by atoms with Crippen LogP contribution in [0.5, 0.6) is 0 Å². The number of carbonyl (C=O) groups is 2. The molecule has 0 radical (unpaired) electrons. The molecule has 1 saturated heterocycles. The van der Waals surface area contributed by atoms with Gasteiger partial charge in [-0.05, 0) is 6.07 Å². The van der Waals surface area contributed by atoms with Gasteiger partial charge in [0.1, 0.15) is 0 Å². The number of urea groups is 1. The van der Waals surface area contributed by atoms with Gasteiger partial charge in [0.15, 0.2) is 0 Å². The third kappa shape index (κ3) is 2.88. The van der Waals surface area contributed by atoms with Gasteiger partial charge in [-0.1, -0.05) is 11.8 Å². The lowest BCUT2D eigenvalue weighted by molar-refractivity contribution is -0.125. The fourth-order valence-electron chi connectivity index (χ4n) is 1.52. The second-order valence-corrected chi connectivity index (χ2v) is 4.71. The van der Waals surface area contributed by atoms with Crippen molar-refractivity contribution in [3.63, 3.8) is 0 Å². The molecule has 0 spiro atoms. The van der Waals surface area contributed by atoms with Crippen molar-refractivity contribution in [2.45, 2.75) is 13.0 Å². The van der Waals surface area contributed by atoms with E-state index < -0.39 is 0 Å². The molecule has 1 fully saturated rings. The van der Waals surface area contributed by atoms with Crippen LogP contribution in [0.15, 0.2) is 11.4 Å². The van der Waals surface area contributed by atoms with Gasteiger partial charge in [-0.15, -0.1) is 11.3 Å². The molecule has 1 aromatic heterocycles. The topological polar surface area (TPSA) is 69.6 Å². The van der Waals surface area contributed by atoms with Crippen LogP contribution >= 0.6 is 11.3 Å². The normalized spacial score (nSPS) is 14.4. The molecular formula is C12H12N2O3S. The number of hydrogen-bond donors (Lipinski definition) is 2. The van der Waals surface area contributed by atoms with Gasteiger partial charge in [-0.3, -0.25) is 9.69 Å². The number of hydrogen-bond acceptors (Lipinski definition) is 4. The summed E-state index contributed by atoms with van der Waals surface area (Å²) in [6.07, 6.45) is 0.443. The number of rotatable bonds is 3. The van der Waals surface area contributed by atoms with Crippen molar-refractivity contribution >= 4 is 23.3 Å². The SMILES string of the molecule is O=C1CNC(=O)N1Cc1cc(C#CCCO)cs1. The van der Waals surface area contributed by atoms with E-state index >= 15 is 0 Å². The van der Waals surface area contributed by atoms with Crippen molar-refractivity contribution < 1.29 is 14.7 Å². The number of aliphatic hydroxyl groups excluding tert-OH is 1. The Morgan fingerprint density at radius 3 is 3.00 bits per heavy atom. The predicted molar refractivity (Wildman–Crippen MR) is 66.8 cm³/mol. The van der Waals surface area contributed by atoms with Crippen LogP contribution in [0.2, 0.25) is 0 Å². The molecule has 94 valence electrons. The Morgan fingerprint density at radius 2 is 2.33 bits per heavy atom. The van der Waals surface area contributed by atoms with Crippen LogP contribution in [0.4, 0.5) is 4.79 Å². The van der Waals surface area contributed by atoms with E-state index in [4.69, 9.17) is 5.11 Å². The van der Waals surface area contributed by atoms with Gasteiger partial charge in [0, 0.05) is 22.2 Å². The van der Waals surface area contributed by atoms with E-state index in [9.17, 15) is 9.59 Å². The summed E-state index contributed by atoms with van der Waals surface area (Å²) in [7, 11) is 0. The quantitative estimate of drug-likeness (QED) is 0.618. The molecule has 1 aliphatic heterocycles. The first kappa shape index (κ1) is 12.6. The molecular weight excluding hydrogens is 252 g/mol. The minimum atomic E-state index is -0.346.